The monoisotopic (exact) mass is 62.0 g/mol. The number of rotatable bonds is 0. The van der Waals surface area contributed by atoms with E-state index in [9.17, 15) is 0 Å². The summed E-state index contributed by atoms with van der Waals surface area (Å²) in [6.07, 6.45) is 0. The van der Waals surface area contributed by atoms with E-state index in [-0.39, 0.29) is 28.7 Å². The Labute approximate surface area is 49.0 Å². The number of hydrogen-bond donors (Lipinski definition) is 0. The molecule has 0 aromatic rings. The van der Waals surface area contributed by atoms with Crippen LogP contribution in [0, 0.1) is 0 Å². The molecule has 0 aliphatic carbocycles. The van der Waals surface area contributed by atoms with E-state index in [4.69, 9.17) is 3.80 Å². The fourth-order valence-corrected chi connectivity index (χ4v) is 0. The van der Waals surface area contributed by atoms with Gasteiger partial charge in [-0.1, -0.05) is 0 Å². The van der Waals surface area contributed by atoms with Crippen molar-refractivity contribution in [3.63, 3.8) is 0 Å². The van der Waals surface area contributed by atoms with Crippen molar-refractivity contribution in [1.29, 1.82) is 0 Å². The summed E-state index contributed by atoms with van der Waals surface area (Å²) in [6.45, 7) is 0. The van der Waals surface area contributed by atoms with Gasteiger partial charge in [-0.15, -0.1) is 0 Å². The van der Waals surface area contributed by atoms with Crippen LogP contribution in [0.3, 0.4) is 0 Å². The minimum absolute atomic E-state index is 0. The molecular weight excluding hydrogens is 60.7 g/mol. The van der Waals surface area contributed by atoms with E-state index in [1.807, 2.05) is 0 Å². The van der Waals surface area contributed by atoms with Crippen molar-refractivity contribution in [3.05, 3.63) is 0 Å². The summed E-state index contributed by atoms with van der Waals surface area (Å²) >= 11 is 1.17. The molecule has 0 fully saturated rings. The third-order valence-corrected chi connectivity index (χ3v) is 0. The maximum absolute atomic E-state index is 8.17. The zero-order chi connectivity index (χ0) is 2.00. The molecule has 0 aromatic carbocycles. The Morgan fingerprint density at radius 2 is 1.50 bits per heavy atom. The molecule has 0 unspecified atom stereocenters. The van der Waals surface area contributed by atoms with Gasteiger partial charge in [-0.25, -0.2) is 0 Å². The summed E-state index contributed by atoms with van der Waals surface area (Å²) in [4.78, 5) is 0. The van der Waals surface area contributed by atoms with Crippen LogP contribution >= 0.6 is 0 Å². The molecule has 0 saturated carbocycles. The van der Waals surface area contributed by atoms with Gasteiger partial charge in [0.05, 0.1) is 0 Å². The molecule has 0 aromatic heterocycles. The van der Waals surface area contributed by atoms with E-state index in [0.717, 1.165) is 0 Å². The molecule has 0 heterocycles. The van der Waals surface area contributed by atoms with E-state index in [0.29, 0.717) is 0 Å². The molecule has 14 valence electrons. The van der Waals surface area contributed by atoms with Crippen molar-refractivity contribution in [2.75, 3.05) is 0 Å². The van der Waals surface area contributed by atoms with Crippen molar-refractivity contribution in [2.45, 2.75) is 0 Å². The van der Waals surface area contributed by atoms with Crippen LogP contribution in [-0.4, -0.2) is 24.6 Å². The average molecular weight is 61.7 g/mol. The van der Waals surface area contributed by atoms with E-state index in [2.05, 4.69) is 0 Å². The van der Waals surface area contributed by atoms with Crippen LogP contribution in [0.1, 0.15) is 1.43 Å². The first kappa shape index (κ1) is 20.0. The molecule has 4 heavy (non-hydrogen) atoms. The Morgan fingerprint density at radius 3 is 1.50 bits per heavy atom. The minimum atomic E-state index is 0. The molecule has 0 spiro atoms. The predicted molar refractivity (Wildman–Crippen MR) is 13.3 cm³/mol. The summed E-state index contributed by atoms with van der Waals surface area (Å²) in [7, 11) is 0. The van der Waals surface area contributed by atoms with Crippen LogP contribution in [0.5, 0.6) is 0 Å². The van der Waals surface area contributed by atoms with Crippen LogP contribution in [-0.2, 0) is 3.80 Å². The zero-order valence-electron chi connectivity index (χ0n) is 3.56. The van der Waals surface area contributed by atoms with Crippen LogP contribution in [0.4, 0.5) is 0 Å². The normalized spacial score (nSPS) is 0.750. The predicted octanol–water partition coefficient (Wildman–Crippen LogP) is -3.76. The molecule has 0 N–H and O–H groups in total. The standard InChI is InChI=1S/Al.B.Li.O.H/q;;+1;;-1. The molecule has 0 bridgehead atoms. The third-order valence-electron chi connectivity index (χ3n) is 0. The summed E-state index contributed by atoms with van der Waals surface area (Å²) in [5.41, 5.74) is 0. The van der Waals surface area contributed by atoms with E-state index in [1.165, 1.54) is 16.2 Å². The van der Waals surface area contributed by atoms with Crippen molar-refractivity contribution < 1.29 is 24.1 Å². The van der Waals surface area contributed by atoms with Gasteiger partial charge in [0.25, 0.3) is 0 Å². The van der Waals surface area contributed by atoms with E-state index in [1.54, 1.807) is 0 Å². The second-order valence-corrected chi connectivity index (χ2v) is 0. The molecule has 0 amide bonds. The second-order valence-electron chi connectivity index (χ2n) is 0. The molecule has 4 heteroatoms. The van der Waals surface area contributed by atoms with Gasteiger partial charge >= 0.3 is 38.9 Å². The van der Waals surface area contributed by atoms with Gasteiger partial charge in [-0.3, -0.25) is 0 Å². The van der Waals surface area contributed by atoms with Crippen LogP contribution < -0.4 is 18.9 Å². The quantitative estimate of drug-likeness (QED) is 0.263. The molecule has 0 atom stereocenters. The topological polar surface area (TPSA) is 17.1 Å². The maximum atomic E-state index is 8.17. The van der Waals surface area contributed by atoms with Crippen molar-refractivity contribution in [3.8, 4) is 0 Å². The fourth-order valence-electron chi connectivity index (χ4n) is 0. The fraction of sp³-hybridized carbons (Fsp3) is 0. The molecule has 1 nitrogen and oxygen atoms in total. The first-order valence-corrected chi connectivity index (χ1v) is 0.707. The Bertz CT molecular complexity index is 11.6. The van der Waals surface area contributed by atoms with Gasteiger partial charge < -0.3 is 1.43 Å². The van der Waals surface area contributed by atoms with E-state index < -0.39 is 0 Å². The first-order chi connectivity index (χ1) is 1.00. The van der Waals surface area contributed by atoms with Gasteiger partial charge in [0.15, 0.2) is 0 Å². The molecule has 0 aliphatic rings. The SMILES string of the molecule is [B].[H-].[Li+].[O]=[Al]. The molecular formula is HAlBLiO. The van der Waals surface area contributed by atoms with Crippen molar-refractivity contribution in [1.82, 2.24) is 0 Å². The summed E-state index contributed by atoms with van der Waals surface area (Å²) in [5.74, 6) is 0. The summed E-state index contributed by atoms with van der Waals surface area (Å²) < 4.78 is 8.17. The molecule has 0 aliphatic heterocycles. The Balaban J connectivity index is -0.00000000167. The van der Waals surface area contributed by atoms with Gasteiger partial charge in [0.1, 0.15) is 0 Å². The third kappa shape index (κ3) is 12.0. The first-order valence-electron chi connectivity index (χ1n) is 0.236. The molecule has 0 rings (SSSR count). The summed E-state index contributed by atoms with van der Waals surface area (Å²) in [6, 6.07) is 0. The van der Waals surface area contributed by atoms with Crippen LogP contribution in [0.2, 0.25) is 0 Å². The van der Waals surface area contributed by atoms with Crippen molar-refractivity contribution in [2.24, 2.45) is 0 Å². The average Bonchev–Trinajstić information content (AvgIpc) is 1.00. The Kier molecular flexibility index (Phi) is 181. The van der Waals surface area contributed by atoms with Crippen LogP contribution in [0.15, 0.2) is 0 Å². The number of hydrogen-bond acceptors (Lipinski definition) is 1. The van der Waals surface area contributed by atoms with Gasteiger partial charge in [0.2, 0.25) is 0 Å². The van der Waals surface area contributed by atoms with Gasteiger partial charge in [-0.05, 0) is 0 Å². The Hall–Kier alpha value is 0.995. The molecule has 4 radical (unpaired) electrons. The molecule has 0 saturated heterocycles. The second kappa shape index (κ2) is 36.2. The summed E-state index contributed by atoms with van der Waals surface area (Å²) in [5, 5.41) is 0. The van der Waals surface area contributed by atoms with Crippen molar-refractivity contribution >= 4 is 24.6 Å². The zero-order valence-corrected chi connectivity index (χ0v) is 3.72. The van der Waals surface area contributed by atoms with E-state index >= 15 is 0 Å². The van der Waals surface area contributed by atoms with Crippen LogP contribution in [0.25, 0.3) is 0 Å². The van der Waals surface area contributed by atoms with Gasteiger partial charge in [-0.2, -0.15) is 0 Å². The van der Waals surface area contributed by atoms with Gasteiger partial charge in [0, 0.05) is 8.41 Å². The Morgan fingerprint density at radius 1 is 1.50 bits per heavy atom.